The Labute approximate surface area is 92.4 Å². The summed E-state index contributed by atoms with van der Waals surface area (Å²) in [5.41, 5.74) is 0.887. The zero-order valence-corrected chi connectivity index (χ0v) is 8.58. The van der Waals surface area contributed by atoms with E-state index in [9.17, 15) is 4.79 Å². The number of imidazole rings is 1. The van der Waals surface area contributed by atoms with Crippen molar-refractivity contribution in [2.45, 2.75) is 13.0 Å². The van der Waals surface area contributed by atoms with Crippen molar-refractivity contribution in [3.63, 3.8) is 0 Å². The number of carbonyl (C=O) groups is 1. The molecule has 5 nitrogen and oxygen atoms in total. The van der Waals surface area contributed by atoms with Crippen LogP contribution in [0.2, 0.25) is 0 Å². The van der Waals surface area contributed by atoms with Gasteiger partial charge in [0, 0.05) is 36.9 Å². The second kappa shape index (κ2) is 4.57. The fraction of sp³-hybridized carbons (Fsp3) is 0.182. The highest BCUT2D eigenvalue weighted by Crippen LogP contribution is 2.15. The van der Waals surface area contributed by atoms with Gasteiger partial charge in [-0.05, 0) is 12.1 Å². The molecule has 0 aliphatic rings. The normalized spacial score (nSPS) is 10.2. The van der Waals surface area contributed by atoms with Gasteiger partial charge in [0.25, 0.3) is 0 Å². The highest BCUT2D eigenvalue weighted by Gasteiger charge is 2.06. The molecule has 0 atom stereocenters. The number of carboxylic acids is 1. The van der Waals surface area contributed by atoms with Crippen molar-refractivity contribution in [1.29, 1.82) is 0 Å². The lowest BCUT2D eigenvalue weighted by Crippen LogP contribution is -2.05. The monoisotopic (exact) mass is 217 g/mol. The van der Waals surface area contributed by atoms with Gasteiger partial charge in [0.1, 0.15) is 5.82 Å². The van der Waals surface area contributed by atoms with Crippen LogP contribution in [0, 0.1) is 0 Å². The molecule has 0 spiro atoms. The molecule has 0 saturated carbocycles. The highest BCUT2D eigenvalue weighted by molar-refractivity contribution is 5.66. The van der Waals surface area contributed by atoms with E-state index >= 15 is 0 Å². The summed E-state index contributed by atoms with van der Waals surface area (Å²) in [7, 11) is 0. The Kier molecular flexibility index (Phi) is 2.95. The molecule has 2 aromatic rings. The Morgan fingerprint density at radius 3 is 3.00 bits per heavy atom. The molecule has 2 aromatic heterocycles. The molecule has 16 heavy (non-hydrogen) atoms. The fourth-order valence-corrected chi connectivity index (χ4v) is 1.46. The first-order valence-electron chi connectivity index (χ1n) is 4.90. The van der Waals surface area contributed by atoms with Gasteiger partial charge in [-0.15, -0.1) is 0 Å². The van der Waals surface area contributed by atoms with Crippen LogP contribution in [0.25, 0.3) is 11.4 Å². The summed E-state index contributed by atoms with van der Waals surface area (Å²) in [5, 5.41) is 8.63. The molecule has 5 heteroatoms. The molecule has 0 radical (unpaired) electrons. The Balaban J connectivity index is 2.23. The van der Waals surface area contributed by atoms with E-state index in [1.807, 2.05) is 16.7 Å². The van der Waals surface area contributed by atoms with Crippen LogP contribution in [0.5, 0.6) is 0 Å². The number of hydrogen-bond acceptors (Lipinski definition) is 3. The lowest BCUT2D eigenvalue weighted by Gasteiger charge is -2.05. The Bertz CT molecular complexity index is 479. The first-order chi connectivity index (χ1) is 7.77. The maximum absolute atomic E-state index is 10.5. The molecule has 0 bridgehead atoms. The van der Waals surface area contributed by atoms with Crippen molar-refractivity contribution in [2.24, 2.45) is 0 Å². The van der Waals surface area contributed by atoms with Crippen LogP contribution in [0.4, 0.5) is 0 Å². The average Bonchev–Trinajstić information content (AvgIpc) is 2.75. The van der Waals surface area contributed by atoms with E-state index in [2.05, 4.69) is 9.97 Å². The van der Waals surface area contributed by atoms with Crippen LogP contribution in [0.1, 0.15) is 6.42 Å². The smallest absolute Gasteiger partial charge is 0.305 e. The predicted molar refractivity (Wildman–Crippen MR) is 57.7 cm³/mol. The van der Waals surface area contributed by atoms with Crippen LogP contribution in [0.15, 0.2) is 36.9 Å². The van der Waals surface area contributed by atoms with E-state index in [1.54, 1.807) is 24.8 Å². The minimum atomic E-state index is -0.814. The van der Waals surface area contributed by atoms with Crippen molar-refractivity contribution < 1.29 is 9.90 Å². The molecular formula is C11H11N3O2. The zero-order valence-electron chi connectivity index (χ0n) is 8.58. The van der Waals surface area contributed by atoms with Crippen molar-refractivity contribution >= 4 is 5.97 Å². The first-order valence-corrected chi connectivity index (χ1v) is 4.90. The largest absolute Gasteiger partial charge is 0.481 e. The van der Waals surface area contributed by atoms with Gasteiger partial charge in [-0.2, -0.15) is 0 Å². The summed E-state index contributed by atoms with van der Waals surface area (Å²) in [6.07, 6.45) is 6.91. The van der Waals surface area contributed by atoms with Crippen LogP contribution in [0.3, 0.4) is 0 Å². The van der Waals surface area contributed by atoms with Crippen LogP contribution < -0.4 is 0 Å². The minimum absolute atomic E-state index is 0.0869. The lowest BCUT2D eigenvalue weighted by atomic mass is 10.2. The van der Waals surface area contributed by atoms with Crippen molar-refractivity contribution in [1.82, 2.24) is 14.5 Å². The summed E-state index contributed by atoms with van der Waals surface area (Å²) in [6.45, 7) is 0.416. The Hall–Kier alpha value is -2.17. The number of carboxylic acid groups (broad SMARTS) is 1. The Morgan fingerprint density at radius 1 is 1.44 bits per heavy atom. The fourth-order valence-electron chi connectivity index (χ4n) is 1.46. The van der Waals surface area contributed by atoms with E-state index in [-0.39, 0.29) is 6.42 Å². The van der Waals surface area contributed by atoms with Gasteiger partial charge in [-0.1, -0.05) is 0 Å². The molecule has 1 N–H and O–H groups in total. The molecular weight excluding hydrogens is 206 g/mol. The molecule has 0 saturated heterocycles. The van der Waals surface area contributed by atoms with Gasteiger partial charge in [0.15, 0.2) is 0 Å². The average molecular weight is 217 g/mol. The molecule has 0 aliphatic carbocycles. The molecule has 0 aromatic carbocycles. The van der Waals surface area contributed by atoms with Crippen LogP contribution in [-0.4, -0.2) is 25.6 Å². The lowest BCUT2D eigenvalue weighted by molar-refractivity contribution is -0.137. The van der Waals surface area contributed by atoms with E-state index in [0.717, 1.165) is 11.4 Å². The number of aliphatic carboxylic acids is 1. The maximum atomic E-state index is 10.5. The Morgan fingerprint density at radius 2 is 2.31 bits per heavy atom. The number of pyridine rings is 1. The second-order valence-corrected chi connectivity index (χ2v) is 3.33. The van der Waals surface area contributed by atoms with Gasteiger partial charge in [0.05, 0.1) is 6.42 Å². The third-order valence-electron chi connectivity index (χ3n) is 2.20. The van der Waals surface area contributed by atoms with Crippen molar-refractivity contribution in [3.8, 4) is 11.4 Å². The van der Waals surface area contributed by atoms with E-state index < -0.39 is 5.97 Å². The molecule has 0 aliphatic heterocycles. The summed E-state index contributed by atoms with van der Waals surface area (Å²) in [4.78, 5) is 18.7. The standard InChI is InChI=1S/C11H11N3O2/c15-10(16)3-6-14-7-5-13-11(14)9-2-1-4-12-8-9/h1-2,4-5,7-8H,3,6H2,(H,15,16). The zero-order chi connectivity index (χ0) is 11.4. The van der Waals surface area contributed by atoms with Gasteiger partial charge in [0.2, 0.25) is 0 Å². The van der Waals surface area contributed by atoms with Crippen LogP contribution >= 0.6 is 0 Å². The summed E-state index contributed by atoms with van der Waals surface area (Å²) < 4.78 is 1.81. The number of aromatic nitrogens is 3. The highest BCUT2D eigenvalue weighted by atomic mass is 16.4. The van der Waals surface area contributed by atoms with E-state index in [1.165, 1.54) is 0 Å². The molecule has 0 amide bonds. The van der Waals surface area contributed by atoms with Gasteiger partial charge in [-0.25, -0.2) is 4.98 Å². The van der Waals surface area contributed by atoms with E-state index in [0.29, 0.717) is 6.54 Å². The SMILES string of the molecule is O=C(O)CCn1ccnc1-c1cccnc1. The first kappa shape index (κ1) is 10.4. The van der Waals surface area contributed by atoms with Crippen LogP contribution in [-0.2, 0) is 11.3 Å². The molecule has 0 unspecified atom stereocenters. The number of aryl methyl sites for hydroxylation is 1. The van der Waals surface area contributed by atoms with E-state index in [4.69, 9.17) is 5.11 Å². The third-order valence-corrected chi connectivity index (χ3v) is 2.20. The quantitative estimate of drug-likeness (QED) is 0.840. The van der Waals surface area contributed by atoms with Gasteiger partial charge < -0.3 is 9.67 Å². The van der Waals surface area contributed by atoms with Crippen molar-refractivity contribution in [3.05, 3.63) is 36.9 Å². The van der Waals surface area contributed by atoms with Crippen molar-refractivity contribution in [2.75, 3.05) is 0 Å². The third kappa shape index (κ3) is 2.25. The van der Waals surface area contributed by atoms with Gasteiger partial charge >= 0.3 is 5.97 Å². The topological polar surface area (TPSA) is 68.0 Å². The number of hydrogen-bond donors (Lipinski definition) is 1. The maximum Gasteiger partial charge on any atom is 0.305 e. The minimum Gasteiger partial charge on any atom is -0.481 e. The molecule has 82 valence electrons. The summed E-state index contributed by atoms with van der Waals surface area (Å²) in [6, 6.07) is 3.72. The van der Waals surface area contributed by atoms with Gasteiger partial charge in [-0.3, -0.25) is 9.78 Å². The molecule has 2 heterocycles. The number of rotatable bonds is 4. The predicted octanol–water partition coefficient (Wildman–Crippen LogP) is 1.42. The number of nitrogens with zero attached hydrogens (tertiary/aromatic N) is 3. The molecule has 2 rings (SSSR count). The molecule has 0 fully saturated rings. The summed E-state index contributed by atoms with van der Waals surface area (Å²) >= 11 is 0. The summed E-state index contributed by atoms with van der Waals surface area (Å²) in [5.74, 6) is -0.0693. The second-order valence-electron chi connectivity index (χ2n) is 3.33.